The number of thiazole rings is 1. The van der Waals surface area contributed by atoms with Gasteiger partial charge in [-0.15, -0.1) is 11.3 Å². The molecule has 2 heterocycles. The number of fused-ring (bicyclic) bond motifs is 1. The molecule has 0 saturated carbocycles. The molecule has 3 rings (SSSR count). The first-order valence-corrected chi connectivity index (χ1v) is 6.65. The molecule has 3 nitrogen and oxygen atoms in total. The van der Waals surface area contributed by atoms with Gasteiger partial charge in [0.15, 0.2) is 6.10 Å². The zero-order valence-electron chi connectivity index (χ0n) is 9.89. The Morgan fingerprint density at radius 3 is 3.06 bits per heavy atom. The van der Waals surface area contributed by atoms with E-state index in [4.69, 9.17) is 10.5 Å². The Labute approximate surface area is 108 Å². The largest absolute Gasteiger partial charge is 0.483 e. The molecule has 18 heavy (non-hydrogen) atoms. The molecule has 5 heteroatoms. The third kappa shape index (κ3) is 2.00. The molecule has 0 amide bonds. The van der Waals surface area contributed by atoms with Crippen LogP contribution in [0.4, 0.5) is 4.39 Å². The van der Waals surface area contributed by atoms with Crippen molar-refractivity contribution in [3.05, 3.63) is 45.7 Å². The number of hydrogen-bond donors (Lipinski definition) is 1. The van der Waals surface area contributed by atoms with Crippen molar-refractivity contribution in [1.29, 1.82) is 0 Å². The highest BCUT2D eigenvalue weighted by atomic mass is 32.1. The van der Waals surface area contributed by atoms with Gasteiger partial charge in [0.05, 0.1) is 0 Å². The van der Waals surface area contributed by atoms with E-state index in [-0.39, 0.29) is 18.0 Å². The summed E-state index contributed by atoms with van der Waals surface area (Å²) in [5, 5.41) is 2.88. The third-order valence-electron chi connectivity index (χ3n) is 3.02. The molecule has 2 aromatic rings. The monoisotopic (exact) mass is 264 g/mol. The summed E-state index contributed by atoms with van der Waals surface area (Å²) in [6.07, 6.45) is 0.499. The summed E-state index contributed by atoms with van der Waals surface area (Å²) in [5.41, 5.74) is 7.94. The average molecular weight is 264 g/mol. The summed E-state index contributed by atoms with van der Waals surface area (Å²) >= 11 is 1.55. The summed E-state index contributed by atoms with van der Waals surface area (Å²) < 4.78 is 19.0. The molecule has 0 spiro atoms. The zero-order valence-corrected chi connectivity index (χ0v) is 10.7. The Bertz CT molecular complexity index is 584. The van der Waals surface area contributed by atoms with Crippen LogP contribution in [-0.4, -0.2) is 4.98 Å². The predicted molar refractivity (Wildman–Crippen MR) is 68.2 cm³/mol. The van der Waals surface area contributed by atoms with E-state index in [1.807, 2.05) is 12.3 Å². The SMILES string of the molecule is Cc1csc(C2CC(N)c3ccc(F)cc3O2)n1. The normalized spacial score (nSPS) is 22.4. The molecule has 0 saturated heterocycles. The van der Waals surface area contributed by atoms with Crippen LogP contribution >= 0.6 is 11.3 Å². The van der Waals surface area contributed by atoms with Gasteiger partial charge >= 0.3 is 0 Å². The number of nitrogens with two attached hydrogens (primary N) is 1. The van der Waals surface area contributed by atoms with E-state index in [9.17, 15) is 4.39 Å². The van der Waals surface area contributed by atoms with Crippen LogP contribution in [0.15, 0.2) is 23.6 Å². The van der Waals surface area contributed by atoms with Crippen molar-refractivity contribution in [2.45, 2.75) is 25.5 Å². The molecule has 0 radical (unpaired) electrons. The number of rotatable bonds is 1. The Morgan fingerprint density at radius 2 is 2.33 bits per heavy atom. The fraction of sp³-hybridized carbons (Fsp3) is 0.308. The van der Waals surface area contributed by atoms with Gasteiger partial charge in [0.2, 0.25) is 0 Å². The Balaban J connectivity index is 1.95. The standard InChI is InChI=1S/C13H13FN2OS/c1-7-6-18-13(16-7)12-5-10(15)9-3-2-8(14)4-11(9)17-12/h2-4,6,10,12H,5,15H2,1H3. The molecule has 1 aliphatic heterocycles. The molecule has 1 aromatic heterocycles. The highest BCUT2D eigenvalue weighted by Crippen LogP contribution is 2.40. The first-order chi connectivity index (χ1) is 8.63. The number of aryl methyl sites for hydroxylation is 1. The second-order valence-electron chi connectivity index (χ2n) is 4.46. The number of nitrogens with zero attached hydrogens (tertiary/aromatic N) is 1. The summed E-state index contributed by atoms with van der Waals surface area (Å²) in [4.78, 5) is 4.41. The minimum Gasteiger partial charge on any atom is -0.483 e. The molecule has 94 valence electrons. The van der Waals surface area contributed by atoms with Crippen LogP contribution in [-0.2, 0) is 0 Å². The van der Waals surface area contributed by atoms with Crippen molar-refractivity contribution in [3.8, 4) is 5.75 Å². The fourth-order valence-corrected chi connectivity index (χ4v) is 2.98. The Hall–Kier alpha value is -1.46. The molecule has 1 aromatic carbocycles. The second-order valence-corrected chi connectivity index (χ2v) is 5.35. The Kier molecular flexibility index (Phi) is 2.80. The third-order valence-corrected chi connectivity index (χ3v) is 4.08. The van der Waals surface area contributed by atoms with Gasteiger partial charge < -0.3 is 10.5 Å². The molecule has 0 bridgehead atoms. The van der Waals surface area contributed by atoms with Crippen molar-refractivity contribution in [2.75, 3.05) is 0 Å². The number of hydrogen-bond acceptors (Lipinski definition) is 4. The average Bonchev–Trinajstić information content (AvgIpc) is 2.75. The first-order valence-electron chi connectivity index (χ1n) is 5.77. The quantitative estimate of drug-likeness (QED) is 0.861. The van der Waals surface area contributed by atoms with Crippen molar-refractivity contribution in [3.63, 3.8) is 0 Å². The maximum Gasteiger partial charge on any atom is 0.152 e. The van der Waals surface area contributed by atoms with Crippen molar-refractivity contribution in [1.82, 2.24) is 4.98 Å². The van der Waals surface area contributed by atoms with E-state index in [1.165, 1.54) is 12.1 Å². The van der Waals surface area contributed by atoms with Gasteiger partial charge in [-0.25, -0.2) is 9.37 Å². The van der Waals surface area contributed by atoms with E-state index in [1.54, 1.807) is 17.4 Å². The van der Waals surface area contributed by atoms with E-state index in [0.29, 0.717) is 12.2 Å². The van der Waals surface area contributed by atoms with E-state index < -0.39 is 0 Å². The van der Waals surface area contributed by atoms with E-state index in [0.717, 1.165) is 16.3 Å². The Morgan fingerprint density at radius 1 is 1.50 bits per heavy atom. The highest BCUT2D eigenvalue weighted by molar-refractivity contribution is 7.09. The molecule has 2 N–H and O–H groups in total. The molecule has 0 aliphatic carbocycles. The molecule has 2 unspecified atom stereocenters. The lowest BCUT2D eigenvalue weighted by Gasteiger charge is -2.29. The first kappa shape index (κ1) is 11.6. The van der Waals surface area contributed by atoms with Crippen LogP contribution in [0.25, 0.3) is 0 Å². The van der Waals surface area contributed by atoms with Crippen molar-refractivity contribution >= 4 is 11.3 Å². The van der Waals surface area contributed by atoms with Gasteiger partial charge in [-0.05, 0) is 13.0 Å². The van der Waals surface area contributed by atoms with Gasteiger partial charge in [0.25, 0.3) is 0 Å². The highest BCUT2D eigenvalue weighted by Gasteiger charge is 2.29. The number of halogens is 1. The number of aromatic nitrogens is 1. The number of ether oxygens (including phenoxy) is 1. The second kappa shape index (κ2) is 4.33. The van der Waals surface area contributed by atoms with Crippen LogP contribution in [0.3, 0.4) is 0 Å². The van der Waals surface area contributed by atoms with Gasteiger partial charge in [-0.2, -0.15) is 0 Å². The predicted octanol–water partition coefficient (Wildman–Crippen LogP) is 3.11. The van der Waals surface area contributed by atoms with Crippen molar-refractivity contribution in [2.24, 2.45) is 5.73 Å². The molecule has 1 aliphatic rings. The molecular formula is C13H13FN2OS. The smallest absolute Gasteiger partial charge is 0.152 e. The summed E-state index contributed by atoms with van der Waals surface area (Å²) in [7, 11) is 0. The summed E-state index contributed by atoms with van der Waals surface area (Å²) in [6, 6.07) is 4.36. The van der Waals surface area contributed by atoms with Gasteiger partial charge in [-0.3, -0.25) is 0 Å². The van der Waals surface area contributed by atoms with E-state index >= 15 is 0 Å². The molecule has 0 fully saturated rings. The fourth-order valence-electron chi connectivity index (χ4n) is 2.15. The van der Waals surface area contributed by atoms with Gasteiger partial charge in [0, 0.05) is 35.2 Å². The zero-order chi connectivity index (χ0) is 12.7. The summed E-state index contributed by atoms with van der Waals surface area (Å²) in [5.74, 6) is 0.225. The van der Waals surface area contributed by atoms with Crippen LogP contribution in [0.2, 0.25) is 0 Å². The molecular weight excluding hydrogens is 251 g/mol. The minimum absolute atomic E-state index is 0.136. The van der Waals surface area contributed by atoms with Crippen molar-refractivity contribution < 1.29 is 9.13 Å². The minimum atomic E-state index is -0.308. The van der Waals surface area contributed by atoms with Gasteiger partial charge in [0.1, 0.15) is 16.6 Å². The topological polar surface area (TPSA) is 48.1 Å². The maximum absolute atomic E-state index is 13.2. The van der Waals surface area contributed by atoms with E-state index in [2.05, 4.69) is 4.98 Å². The lowest BCUT2D eigenvalue weighted by molar-refractivity contribution is 0.160. The van der Waals surface area contributed by atoms with Crippen LogP contribution in [0, 0.1) is 12.7 Å². The lowest BCUT2D eigenvalue weighted by atomic mass is 9.97. The maximum atomic E-state index is 13.2. The van der Waals surface area contributed by atoms with Gasteiger partial charge in [-0.1, -0.05) is 6.07 Å². The van der Waals surface area contributed by atoms with Crippen LogP contribution in [0.1, 0.15) is 34.8 Å². The molecule has 2 atom stereocenters. The van der Waals surface area contributed by atoms with Crippen LogP contribution < -0.4 is 10.5 Å². The summed E-state index contributed by atoms with van der Waals surface area (Å²) in [6.45, 7) is 1.94. The number of benzene rings is 1. The lowest BCUT2D eigenvalue weighted by Crippen LogP contribution is -2.24. The van der Waals surface area contributed by atoms with Crippen LogP contribution in [0.5, 0.6) is 5.75 Å².